The molecule has 0 unspecified atom stereocenters. The maximum absolute atomic E-state index is 6.18. The van der Waals surface area contributed by atoms with E-state index in [0.29, 0.717) is 18.4 Å². The summed E-state index contributed by atoms with van der Waals surface area (Å²) in [6.45, 7) is 3.31. The summed E-state index contributed by atoms with van der Waals surface area (Å²) in [4.78, 5) is 4.43. The van der Waals surface area contributed by atoms with Crippen molar-refractivity contribution in [2.24, 2.45) is 0 Å². The lowest BCUT2D eigenvalue weighted by atomic mass is 10.1. The van der Waals surface area contributed by atoms with Crippen LogP contribution in [-0.4, -0.2) is 18.2 Å². The molecule has 0 radical (unpaired) electrons. The van der Waals surface area contributed by atoms with Gasteiger partial charge in [-0.1, -0.05) is 24.9 Å². The first-order valence-corrected chi connectivity index (χ1v) is 6.54. The highest BCUT2D eigenvalue weighted by Crippen LogP contribution is 2.35. The van der Waals surface area contributed by atoms with Crippen LogP contribution in [0.3, 0.4) is 0 Å². The van der Waals surface area contributed by atoms with E-state index in [1.54, 1.807) is 0 Å². The number of pyridine rings is 1. The van der Waals surface area contributed by atoms with Gasteiger partial charge in [0.05, 0.1) is 5.52 Å². The van der Waals surface area contributed by atoms with Gasteiger partial charge in [0, 0.05) is 11.5 Å². The lowest BCUT2D eigenvalue weighted by Gasteiger charge is -2.19. The number of fused-ring (bicyclic) bond motifs is 2. The Kier molecular flexibility index (Phi) is 3.00. The van der Waals surface area contributed by atoms with Crippen LogP contribution in [0, 0.1) is 0 Å². The van der Waals surface area contributed by atoms with E-state index < -0.39 is 0 Å². The Morgan fingerprint density at radius 1 is 1.17 bits per heavy atom. The van der Waals surface area contributed by atoms with E-state index in [0.717, 1.165) is 40.8 Å². The van der Waals surface area contributed by atoms with E-state index in [1.807, 2.05) is 12.1 Å². The van der Waals surface area contributed by atoms with Crippen LogP contribution in [0.4, 0.5) is 0 Å². The fourth-order valence-corrected chi connectivity index (χ4v) is 2.42. The predicted molar refractivity (Wildman–Crippen MR) is 71.7 cm³/mol. The molecule has 0 atom stereocenters. The summed E-state index contributed by atoms with van der Waals surface area (Å²) < 4.78 is 11.1. The van der Waals surface area contributed by atoms with Crippen molar-refractivity contribution < 1.29 is 9.47 Å². The number of aryl methyl sites for hydroxylation is 1. The summed E-state index contributed by atoms with van der Waals surface area (Å²) in [5, 5.41) is 1.63. The molecular weight excluding hydrogens is 250 g/mol. The Labute approximate surface area is 111 Å². The van der Waals surface area contributed by atoms with Gasteiger partial charge in [-0.15, -0.1) is 0 Å². The third-order valence-corrected chi connectivity index (χ3v) is 3.35. The number of rotatable bonds is 2. The second kappa shape index (κ2) is 4.65. The zero-order valence-electron chi connectivity index (χ0n) is 10.2. The fraction of sp³-hybridized carbons (Fsp3) is 0.357. The molecule has 2 aromatic rings. The molecule has 0 amide bonds. The average molecular weight is 264 g/mol. The van der Waals surface area contributed by atoms with Crippen molar-refractivity contribution in [2.45, 2.75) is 19.8 Å². The molecule has 1 aromatic heterocycles. The largest absolute Gasteiger partial charge is 0.486 e. The molecule has 4 heteroatoms. The molecule has 0 saturated carbocycles. The Balaban J connectivity index is 2.15. The van der Waals surface area contributed by atoms with Crippen molar-refractivity contribution in [1.82, 2.24) is 4.98 Å². The van der Waals surface area contributed by atoms with E-state index in [-0.39, 0.29) is 0 Å². The van der Waals surface area contributed by atoms with Crippen LogP contribution in [0.5, 0.6) is 11.5 Å². The molecule has 0 bridgehead atoms. The van der Waals surface area contributed by atoms with Crippen molar-refractivity contribution in [1.29, 1.82) is 0 Å². The zero-order valence-corrected chi connectivity index (χ0v) is 11.0. The van der Waals surface area contributed by atoms with Crippen LogP contribution < -0.4 is 9.47 Å². The summed E-state index contributed by atoms with van der Waals surface area (Å²) in [5.41, 5.74) is 1.94. The third kappa shape index (κ3) is 1.99. The average Bonchev–Trinajstić information content (AvgIpc) is 2.38. The van der Waals surface area contributed by atoms with Crippen molar-refractivity contribution in [3.8, 4) is 11.5 Å². The van der Waals surface area contributed by atoms with Gasteiger partial charge in [-0.3, -0.25) is 0 Å². The first kappa shape index (κ1) is 11.6. The Morgan fingerprint density at radius 2 is 1.89 bits per heavy atom. The van der Waals surface area contributed by atoms with Gasteiger partial charge in [0.2, 0.25) is 0 Å². The summed E-state index contributed by atoms with van der Waals surface area (Å²) >= 11 is 6.18. The monoisotopic (exact) mass is 263 g/mol. The number of halogens is 1. The normalized spacial score (nSPS) is 13.9. The van der Waals surface area contributed by atoms with E-state index in [4.69, 9.17) is 21.1 Å². The highest BCUT2D eigenvalue weighted by atomic mass is 35.5. The molecule has 0 spiro atoms. The van der Waals surface area contributed by atoms with E-state index in [2.05, 4.69) is 18.0 Å². The molecule has 1 aliphatic rings. The van der Waals surface area contributed by atoms with Gasteiger partial charge in [-0.25, -0.2) is 4.98 Å². The molecule has 2 heterocycles. The van der Waals surface area contributed by atoms with Gasteiger partial charge in [0.25, 0.3) is 0 Å². The van der Waals surface area contributed by atoms with Crippen LogP contribution in [0.15, 0.2) is 18.2 Å². The van der Waals surface area contributed by atoms with Gasteiger partial charge in [-0.2, -0.15) is 0 Å². The van der Waals surface area contributed by atoms with Crippen LogP contribution >= 0.6 is 11.6 Å². The van der Waals surface area contributed by atoms with Crippen molar-refractivity contribution in [2.75, 3.05) is 13.2 Å². The minimum atomic E-state index is 0.583. The SMILES string of the molecule is CCCc1cc2cc3c(cc2nc1Cl)OCCO3. The molecule has 0 N–H and O–H groups in total. The van der Waals surface area contributed by atoms with E-state index in [9.17, 15) is 0 Å². The van der Waals surface area contributed by atoms with Crippen LogP contribution in [-0.2, 0) is 6.42 Å². The predicted octanol–water partition coefficient (Wildman–Crippen LogP) is 3.61. The molecule has 1 aliphatic heterocycles. The van der Waals surface area contributed by atoms with Crippen molar-refractivity contribution in [3.63, 3.8) is 0 Å². The second-order valence-electron chi connectivity index (χ2n) is 4.38. The second-order valence-corrected chi connectivity index (χ2v) is 4.73. The van der Waals surface area contributed by atoms with Crippen LogP contribution in [0.25, 0.3) is 10.9 Å². The summed E-state index contributed by atoms with van der Waals surface area (Å²) in [6.07, 6.45) is 1.99. The molecular formula is C14H14ClNO2. The number of aromatic nitrogens is 1. The van der Waals surface area contributed by atoms with Gasteiger partial charge >= 0.3 is 0 Å². The quantitative estimate of drug-likeness (QED) is 0.776. The van der Waals surface area contributed by atoms with Crippen LogP contribution in [0.2, 0.25) is 5.15 Å². The molecule has 0 aliphatic carbocycles. The van der Waals surface area contributed by atoms with Crippen molar-refractivity contribution >= 4 is 22.5 Å². The standard InChI is InChI=1S/C14H14ClNO2/c1-2-3-9-6-10-7-12-13(18-5-4-17-12)8-11(10)16-14(9)15/h6-8H,2-5H2,1H3. The molecule has 1 aromatic carbocycles. The number of ether oxygens (including phenoxy) is 2. The number of benzene rings is 1. The van der Waals surface area contributed by atoms with Gasteiger partial charge < -0.3 is 9.47 Å². The molecule has 3 nitrogen and oxygen atoms in total. The minimum Gasteiger partial charge on any atom is -0.486 e. The lowest BCUT2D eigenvalue weighted by Crippen LogP contribution is -2.15. The number of hydrogen-bond donors (Lipinski definition) is 0. The summed E-state index contributed by atoms with van der Waals surface area (Å²) in [6, 6.07) is 5.96. The highest BCUT2D eigenvalue weighted by Gasteiger charge is 2.14. The number of nitrogens with zero attached hydrogens (tertiary/aromatic N) is 1. The minimum absolute atomic E-state index is 0.583. The molecule has 0 fully saturated rings. The molecule has 0 saturated heterocycles. The molecule has 3 rings (SSSR count). The highest BCUT2D eigenvalue weighted by molar-refractivity contribution is 6.30. The Bertz CT molecular complexity index is 598. The molecule has 18 heavy (non-hydrogen) atoms. The third-order valence-electron chi connectivity index (χ3n) is 3.02. The summed E-state index contributed by atoms with van der Waals surface area (Å²) in [5.74, 6) is 1.54. The van der Waals surface area contributed by atoms with E-state index >= 15 is 0 Å². The lowest BCUT2D eigenvalue weighted by molar-refractivity contribution is 0.172. The van der Waals surface area contributed by atoms with Crippen LogP contribution in [0.1, 0.15) is 18.9 Å². The Hall–Kier alpha value is -1.48. The topological polar surface area (TPSA) is 31.4 Å². The molecule has 94 valence electrons. The van der Waals surface area contributed by atoms with Gasteiger partial charge in [0.15, 0.2) is 11.5 Å². The van der Waals surface area contributed by atoms with Gasteiger partial charge in [-0.05, 0) is 24.1 Å². The van der Waals surface area contributed by atoms with Crippen molar-refractivity contribution in [3.05, 3.63) is 28.9 Å². The first-order chi connectivity index (χ1) is 8.78. The fourth-order valence-electron chi connectivity index (χ4n) is 2.18. The maximum atomic E-state index is 6.18. The van der Waals surface area contributed by atoms with E-state index in [1.165, 1.54) is 0 Å². The van der Waals surface area contributed by atoms with Gasteiger partial charge in [0.1, 0.15) is 18.4 Å². The number of hydrogen-bond acceptors (Lipinski definition) is 3. The smallest absolute Gasteiger partial charge is 0.163 e. The maximum Gasteiger partial charge on any atom is 0.163 e. The first-order valence-electron chi connectivity index (χ1n) is 6.16. The Morgan fingerprint density at radius 3 is 2.61 bits per heavy atom. The zero-order chi connectivity index (χ0) is 12.5. The summed E-state index contributed by atoms with van der Waals surface area (Å²) in [7, 11) is 0.